The third-order valence-corrected chi connectivity index (χ3v) is 3.47. The third kappa shape index (κ3) is 2.83. The molecule has 0 radical (unpaired) electrons. The maximum atomic E-state index is 13.7. The highest BCUT2D eigenvalue weighted by Gasteiger charge is 2.17. The maximum absolute atomic E-state index is 13.7. The van der Waals surface area contributed by atoms with Crippen LogP contribution in [0.25, 0.3) is 0 Å². The van der Waals surface area contributed by atoms with Crippen LogP contribution in [0.2, 0.25) is 0 Å². The van der Waals surface area contributed by atoms with Crippen molar-refractivity contribution in [3.8, 4) is 11.5 Å². The summed E-state index contributed by atoms with van der Waals surface area (Å²) in [4.78, 5) is 0. The summed E-state index contributed by atoms with van der Waals surface area (Å²) in [6.45, 7) is 1.01. The summed E-state index contributed by atoms with van der Waals surface area (Å²) >= 11 is 0. The SMILES string of the molecule is NC(Cc1cccc(F)c1F)c1ccc2c(c1)OCCO2. The Morgan fingerprint density at radius 2 is 1.81 bits per heavy atom. The normalized spacial score (nSPS) is 14.8. The van der Waals surface area contributed by atoms with Crippen LogP contribution < -0.4 is 15.2 Å². The Bertz CT molecular complexity index is 661. The Morgan fingerprint density at radius 1 is 1.05 bits per heavy atom. The molecule has 0 bridgehead atoms. The summed E-state index contributed by atoms with van der Waals surface area (Å²) in [5, 5.41) is 0. The van der Waals surface area contributed by atoms with Gasteiger partial charge in [0.05, 0.1) is 0 Å². The lowest BCUT2D eigenvalue weighted by Crippen LogP contribution is -2.18. The minimum Gasteiger partial charge on any atom is -0.486 e. The molecule has 5 heteroatoms. The summed E-state index contributed by atoms with van der Waals surface area (Å²) in [5.74, 6) is -0.393. The number of nitrogens with two attached hydrogens (primary N) is 1. The summed E-state index contributed by atoms with van der Waals surface area (Å²) in [6, 6.07) is 9.05. The fourth-order valence-corrected chi connectivity index (χ4v) is 2.35. The Kier molecular flexibility index (Phi) is 3.75. The van der Waals surface area contributed by atoms with Crippen molar-refractivity contribution in [3.05, 3.63) is 59.2 Å². The number of ether oxygens (including phenoxy) is 2. The van der Waals surface area contributed by atoms with Gasteiger partial charge in [-0.15, -0.1) is 0 Å². The molecular weight excluding hydrogens is 276 g/mol. The van der Waals surface area contributed by atoms with E-state index >= 15 is 0 Å². The Labute approximate surface area is 121 Å². The van der Waals surface area contributed by atoms with Crippen LogP contribution in [0.4, 0.5) is 8.78 Å². The second-order valence-corrected chi connectivity index (χ2v) is 4.93. The number of benzene rings is 2. The van der Waals surface area contributed by atoms with Gasteiger partial charge >= 0.3 is 0 Å². The molecule has 0 spiro atoms. The van der Waals surface area contributed by atoms with E-state index in [4.69, 9.17) is 15.2 Å². The lowest BCUT2D eigenvalue weighted by atomic mass is 9.99. The summed E-state index contributed by atoms with van der Waals surface area (Å²) < 4.78 is 37.8. The average molecular weight is 291 g/mol. The molecule has 1 heterocycles. The average Bonchev–Trinajstić information content (AvgIpc) is 2.51. The van der Waals surface area contributed by atoms with Crippen LogP contribution in [0.3, 0.4) is 0 Å². The smallest absolute Gasteiger partial charge is 0.162 e. The van der Waals surface area contributed by atoms with Crippen LogP contribution in [0, 0.1) is 11.6 Å². The van der Waals surface area contributed by atoms with Gasteiger partial charge in [-0.3, -0.25) is 0 Å². The van der Waals surface area contributed by atoms with Crippen molar-refractivity contribution >= 4 is 0 Å². The molecule has 2 aromatic carbocycles. The monoisotopic (exact) mass is 291 g/mol. The molecule has 1 unspecified atom stereocenters. The highest BCUT2D eigenvalue weighted by atomic mass is 19.2. The molecular formula is C16H15F2NO2. The third-order valence-electron chi connectivity index (χ3n) is 3.47. The van der Waals surface area contributed by atoms with Crippen molar-refractivity contribution in [1.82, 2.24) is 0 Å². The van der Waals surface area contributed by atoms with Gasteiger partial charge in [-0.2, -0.15) is 0 Å². The molecule has 0 saturated carbocycles. The number of hydrogen-bond donors (Lipinski definition) is 1. The van der Waals surface area contributed by atoms with Crippen LogP contribution in [0.5, 0.6) is 11.5 Å². The number of halogens is 2. The first-order chi connectivity index (χ1) is 10.1. The fraction of sp³-hybridized carbons (Fsp3) is 0.250. The molecule has 3 nitrogen and oxygen atoms in total. The second kappa shape index (κ2) is 5.69. The van der Waals surface area contributed by atoms with Crippen molar-refractivity contribution < 1.29 is 18.3 Å². The van der Waals surface area contributed by atoms with E-state index in [1.54, 1.807) is 12.1 Å². The van der Waals surface area contributed by atoms with Gasteiger partial charge in [-0.25, -0.2) is 8.78 Å². The Balaban J connectivity index is 1.82. The van der Waals surface area contributed by atoms with Crippen molar-refractivity contribution in [2.75, 3.05) is 13.2 Å². The van der Waals surface area contributed by atoms with Gasteiger partial charge in [0.1, 0.15) is 13.2 Å². The number of rotatable bonds is 3. The second-order valence-electron chi connectivity index (χ2n) is 4.93. The summed E-state index contributed by atoms with van der Waals surface area (Å²) in [5.41, 5.74) is 7.15. The van der Waals surface area contributed by atoms with Crippen LogP contribution in [-0.2, 0) is 6.42 Å². The molecule has 3 rings (SSSR count). The first kappa shape index (κ1) is 13.8. The molecule has 0 saturated heterocycles. The highest BCUT2D eigenvalue weighted by molar-refractivity contribution is 5.45. The maximum Gasteiger partial charge on any atom is 0.162 e. The van der Waals surface area contributed by atoms with E-state index < -0.39 is 17.7 Å². The first-order valence-electron chi connectivity index (χ1n) is 6.73. The summed E-state index contributed by atoms with van der Waals surface area (Å²) in [7, 11) is 0. The van der Waals surface area contributed by atoms with Crippen molar-refractivity contribution in [3.63, 3.8) is 0 Å². The highest BCUT2D eigenvalue weighted by Crippen LogP contribution is 2.33. The number of hydrogen-bond acceptors (Lipinski definition) is 3. The Hall–Kier alpha value is -2.14. The minimum atomic E-state index is -0.859. The predicted molar refractivity (Wildman–Crippen MR) is 74.4 cm³/mol. The van der Waals surface area contributed by atoms with Gasteiger partial charge in [-0.05, 0) is 35.7 Å². The molecule has 2 aromatic rings. The minimum absolute atomic E-state index is 0.212. The molecule has 1 aliphatic rings. The zero-order chi connectivity index (χ0) is 14.8. The number of fused-ring (bicyclic) bond motifs is 1. The standard InChI is InChI=1S/C16H15F2NO2/c17-12-3-1-2-11(16(12)18)8-13(19)10-4-5-14-15(9-10)21-7-6-20-14/h1-5,9,13H,6-8,19H2. The van der Waals surface area contributed by atoms with E-state index in [0.29, 0.717) is 24.7 Å². The predicted octanol–water partition coefficient (Wildman–Crippen LogP) is 2.98. The molecule has 2 N–H and O–H groups in total. The van der Waals surface area contributed by atoms with Crippen LogP contribution in [-0.4, -0.2) is 13.2 Å². The van der Waals surface area contributed by atoms with Gasteiger partial charge in [0.25, 0.3) is 0 Å². The molecule has 0 aliphatic carbocycles. The van der Waals surface area contributed by atoms with E-state index in [1.165, 1.54) is 12.1 Å². The van der Waals surface area contributed by atoms with Crippen LogP contribution >= 0.6 is 0 Å². The first-order valence-corrected chi connectivity index (χ1v) is 6.73. The van der Waals surface area contributed by atoms with E-state index in [-0.39, 0.29) is 12.0 Å². The molecule has 0 fully saturated rings. The van der Waals surface area contributed by atoms with Crippen LogP contribution in [0.1, 0.15) is 17.2 Å². The molecule has 110 valence electrons. The summed E-state index contributed by atoms with van der Waals surface area (Å²) in [6.07, 6.45) is 0.212. The topological polar surface area (TPSA) is 44.5 Å². The quantitative estimate of drug-likeness (QED) is 0.945. The molecule has 0 aromatic heterocycles. The van der Waals surface area contributed by atoms with Gasteiger partial charge in [0.15, 0.2) is 23.1 Å². The van der Waals surface area contributed by atoms with Crippen molar-refractivity contribution in [2.45, 2.75) is 12.5 Å². The van der Waals surface area contributed by atoms with Gasteiger partial charge in [0.2, 0.25) is 0 Å². The zero-order valence-corrected chi connectivity index (χ0v) is 11.3. The van der Waals surface area contributed by atoms with E-state index in [2.05, 4.69) is 0 Å². The molecule has 21 heavy (non-hydrogen) atoms. The van der Waals surface area contributed by atoms with E-state index in [0.717, 1.165) is 11.6 Å². The Morgan fingerprint density at radius 3 is 2.62 bits per heavy atom. The van der Waals surface area contributed by atoms with Crippen molar-refractivity contribution in [1.29, 1.82) is 0 Å². The van der Waals surface area contributed by atoms with Crippen molar-refractivity contribution in [2.24, 2.45) is 5.73 Å². The lowest BCUT2D eigenvalue weighted by Gasteiger charge is -2.20. The molecule has 1 aliphatic heterocycles. The fourth-order valence-electron chi connectivity index (χ4n) is 2.35. The van der Waals surface area contributed by atoms with E-state index in [9.17, 15) is 8.78 Å². The largest absolute Gasteiger partial charge is 0.486 e. The van der Waals surface area contributed by atoms with Gasteiger partial charge < -0.3 is 15.2 Å². The van der Waals surface area contributed by atoms with Gasteiger partial charge in [0, 0.05) is 6.04 Å². The zero-order valence-electron chi connectivity index (χ0n) is 11.3. The molecule has 0 amide bonds. The van der Waals surface area contributed by atoms with Crippen LogP contribution in [0.15, 0.2) is 36.4 Å². The van der Waals surface area contributed by atoms with Gasteiger partial charge in [-0.1, -0.05) is 18.2 Å². The lowest BCUT2D eigenvalue weighted by molar-refractivity contribution is 0.171. The molecule has 1 atom stereocenters. The van der Waals surface area contributed by atoms with E-state index in [1.807, 2.05) is 6.07 Å².